The Labute approximate surface area is 149 Å². The third-order valence-electron chi connectivity index (χ3n) is 3.65. The van der Waals surface area contributed by atoms with Gasteiger partial charge in [-0.15, -0.1) is 10.2 Å². The molecule has 0 radical (unpaired) electrons. The van der Waals surface area contributed by atoms with Gasteiger partial charge in [-0.1, -0.05) is 29.4 Å². The maximum atomic E-state index is 12.1. The van der Waals surface area contributed by atoms with Crippen molar-refractivity contribution in [3.05, 3.63) is 29.3 Å². The zero-order chi connectivity index (χ0) is 16.9. The van der Waals surface area contributed by atoms with Crippen LogP contribution in [0.15, 0.2) is 33.9 Å². The molecule has 1 amide bonds. The summed E-state index contributed by atoms with van der Waals surface area (Å²) >= 11 is 7.19. The molecule has 2 atom stereocenters. The van der Waals surface area contributed by atoms with Crippen molar-refractivity contribution < 1.29 is 13.9 Å². The van der Waals surface area contributed by atoms with Gasteiger partial charge in [-0.05, 0) is 38.0 Å². The van der Waals surface area contributed by atoms with E-state index in [0.29, 0.717) is 22.7 Å². The zero-order valence-corrected chi connectivity index (χ0v) is 14.8. The standard InChI is InChI=1S/C16H18ClN3O3S/c1-10(14(21)18-9-13-6-3-7-22-13)24-16-20-19-15(23-16)11-4-2-5-12(17)8-11/h2,4-5,8,10,13H,3,6-7,9H2,1H3,(H,18,21)/t10-,13-/m0/s1. The van der Waals surface area contributed by atoms with Crippen molar-refractivity contribution in [2.45, 2.75) is 36.3 Å². The van der Waals surface area contributed by atoms with Gasteiger partial charge in [-0.25, -0.2) is 0 Å². The first kappa shape index (κ1) is 17.3. The first-order valence-electron chi connectivity index (χ1n) is 7.77. The average Bonchev–Trinajstić information content (AvgIpc) is 3.24. The molecule has 0 saturated carbocycles. The van der Waals surface area contributed by atoms with Gasteiger partial charge >= 0.3 is 0 Å². The van der Waals surface area contributed by atoms with Crippen molar-refractivity contribution in [2.24, 2.45) is 0 Å². The number of thioether (sulfide) groups is 1. The number of amides is 1. The Hall–Kier alpha value is -1.57. The number of benzene rings is 1. The molecule has 0 aliphatic carbocycles. The van der Waals surface area contributed by atoms with Crippen LogP contribution in [0.4, 0.5) is 0 Å². The molecule has 1 N–H and O–H groups in total. The van der Waals surface area contributed by atoms with E-state index >= 15 is 0 Å². The fourth-order valence-corrected chi connectivity index (χ4v) is 3.26. The van der Waals surface area contributed by atoms with Crippen LogP contribution in [0.2, 0.25) is 5.02 Å². The summed E-state index contributed by atoms with van der Waals surface area (Å²) in [5.74, 6) is 0.310. The molecule has 2 aromatic rings. The minimum absolute atomic E-state index is 0.0713. The van der Waals surface area contributed by atoms with E-state index in [1.54, 1.807) is 19.1 Å². The lowest BCUT2D eigenvalue weighted by Crippen LogP contribution is -2.36. The number of aromatic nitrogens is 2. The molecule has 1 saturated heterocycles. The molecular formula is C16H18ClN3O3S. The first-order valence-corrected chi connectivity index (χ1v) is 9.03. The van der Waals surface area contributed by atoms with Crippen LogP contribution >= 0.6 is 23.4 Å². The van der Waals surface area contributed by atoms with Gasteiger partial charge in [0.2, 0.25) is 11.8 Å². The van der Waals surface area contributed by atoms with Crippen molar-refractivity contribution in [1.82, 2.24) is 15.5 Å². The van der Waals surface area contributed by atoms with Crippen molar-refractivity contribution in [1.29, 1.82) is 0 Å². The number of nitrogens with one attached hydrogen (secondary N) is 1. The molecule has 24 heavy (non-hydrogen) atoms. The van der Waals surface area contributed by atoms with E-state index in [1.807, 2.05) is 12.1 Å². The largest absolute Gasteiger partial charge is 0.411 e. The van der Waals surface area contributed by atoms with Gasteiger partial charge in [0.15, 0.2) is 0 Å². The Kier molecular flexibility index (Phi) is 5.76. The SMILES string of the molecule is C[C@H](Sc1nnc(-c2cccc(Cl)c2)o1)C(=O)NC[C@@H]1CCCO1. The molecule has 0 spiro atoms. The van der Waals surface area contributed by atoms with Crippen molar-refractivity contribution >= 4 is 29.3 Å². The number of ether oxygens (including phenoxy) is 1. The molecule has 3 rings (SSSR count). The highest BCUT2D eigenvalue weighted by Crippen LogP contribution is 2.27. The van der Waals surface area contributed by atoms with Gasteiger partial charge in [0, 0.05) is 23.7 Å². The third-order valence-corrected chi connectivity index (χ3v) is 4.82. The predicted octanol–water partition coefficient (Wildman–Crippen LogP) is 3.17. The summed E-state index contributed by atoms with van der Waals surface area (Å²) in [5, 5.41) is 11.5. The monoisotopic (exact) mass is 367 g/mol. The van der Waals surface area contributed by atoms with Gasteiger partial charge in [0.25, 0.3) is 5.22 Å². The van der Waals surface area contributed by atoms with Crippen LogP contribution in [0, 0.1) is 0 Å². The number of nitrogens with zero attached hydrogens (tertiary/aromatic N) is 2. The fraction of sp³-hybridized carbons (Fsp3) is 0.438. The fourth-order valence-electron chi connectivity index (χ4n) is 2.36. The van der Waals surface area contributed by atoms with Crippen LogP contribution in [0.3, 0.4) is 0 Å². The maximum Gasteiger partial charge on any atom is 0.277 e. The van der Waals surface area contributed by atoms with Crippen molar-refractivity contribution in [2.75, 3.05) is 13.2 Å². The van der Waals surface area contributed by atoms with E-state index in [4.69, 9.17) is 20.8 Å². The molecular weight excluding hydrogens is 350 g/mol. The van der Waals surface area contributed by atoms with Crippen LogP contribution in [0.25, 0.3) is 11.5 Å². The summed E-state index contributed by atoms with van der Waals surface area (Å²) in [5.41, 5.74) is 0.748. The molecule has 1 aromatic heterocycles. The minimum Gasteiger partial charge on any atom is -0.411 e. The molecule has 1 aliphatic rings. The molecule has 0 bridgehead atoms. The van der Waals surface area contributed by atoms with Crippen LogP contribution in [-0.4, -0.2) is 40.6 Å². The van der Waals surface area contributed by atoms with Crippen LogP contribution < -0.4 is 5.32 Å². The lowest BCUT2D eigenvalue weighted by molar-refractivity contribution is -0.120. The Morgan fingerprint density at radius 1 is 1.50 bits per heavy atom. The van der Waals surface area contributed by atoms with Gasteiger partial charge in [0.05, 0.1) is 11.4 Å². The molecule has 1 aromatic carbocycles. The minimum atomic E-state index is -0.334. The Bertz CT molecular complexity index is 703. The smallest absolute Gasteiger partial charge is 0.277 e. The molecule has 128 valence electrons. The first-order chi connectivity index (χ1) is 11.6. The van der Waals surface area contributed by atoms with E-state index < -0.39 is 0 Å². The summed E-state index contributed by atoms with van der Waals surface area (Å²) in [7, 11) is 0. The van der Waals surface area contributed by atoms with E-state index in [-0.39, 0.29) is 17.3 Å². The van der Waals surface area contributed by atoms with Gasteiger partial charge in [0.1, 0.15) is 0 Å². The summed E-state index contributed by atoms with van der Waals surface area (Å²) in [6.45, 7) is 3.12. The topological polar surface area (TPSA) is 77.2 Å². The summed E-state index contributed by atoms with van der Waals surface area (Å²) in [4.78, 5) is 12.1. The van der Waals surface area contributed by atoms with Crippen molar-refractivity contribution in [3.8, 4) is 11.5 Å². The molecule has 6 nitrogen and oxygen atoms in total. The molecule has 0 unspecified atom stereocenters. The maximum absolute atomic E-state index is 12.1. The Balaban J connectivity index is 1.54. The van der Waals surface area contributed by atoms with E-state index in [1.165, 1.54) is 11.8 Å². The second kappa shape index (κ2) is 8.00. The second-order valence-electron chi connectivity index (χ2n) is 5.52. The van der Waals surface area contributed by atoms with Gasteiger partial charge in [-0.2, -0.15) is 0 Å². The number of hydrogen-bond donors (Lipinski definition) is 1. The van der Waals surface area contributed by atoms with E-state index in [9.17, 15) is 4.79 Å². The quantitative estimate of drug-likeness (QED) is 0.790. The second-order valence-corrected chi connectivity index (χ2v) is 7.25. The number of carbonyl (C=O) groups excluding carboxylic acids is 1. The average molecular weight is 368 g/mol. The molecule has 8 heteroatoms. The Morgan fingerprint density at radius 3 is 3.12 bits per heavy atom. The highest BCUT2D eigenvalue weighted by atomic mass is 35.5. The Morgan fingerprint density at radius 2 is 2.38 bits per heavy atom. The number of hydrogen-bond acceptors (Lipinski definition) is 6. The van der Waals surface area contributed by atoms with Crippen LogP contribution in [-0.2, 0) is 9.53 Å². The molecule has 1 aliphatic heterocycles. The zero-order valence-electron chi connectivity index (χ0n) is 13.2. The van der Waals surface area contributed by atoms with Crippen molar-refractivity contribution in [3.63, 3.8) is 0 Å². The summed E-state index contributed by atoms with van der Waals surface area (Å²) < 4.78 is 11.1. The molecule has 1 fully saturated rings. The highest BCUT2D eigenvalue weighted by Gasteiger charge is 2.21. The van der Waals surface area contributed by atoms with Crippen LogP contribution in [0.5, 0.6) is 0 Å². The predicted molar refractivity (Wildman–Crippen MR) is 92.0 cm³/mol. The molecule has 2 heterocycles. The lowest BCUT2D eigenvalue weighted by atomic mass is 10.2. The van der Waals surface area contributed by atoms with Gasteiger partial charge in [-0.3, -0.25) is 4.79 Å². The summed E-state index contributed by atoms with van der Waals surface area (Å²) in [6.07, 6.45) is 2.18. The van der Waals surface area contributed by atoms with Gasteiger partial charge < -0.3 is 14.5 Å². The summed E-state index contributed by atoms with van der Waals surface area (Å²) in [6, 6.07) is 7.18. The highest BCUT2D eigenvalue weighted by molar-refractivity contribution is 8.00. The third kappa shape index (κ3) is 4.49. The lowest BCUT2D eigenvalue weighted by Gasteiger charge is -2.13. The van der Waals surface area contributed by atoms with E-state index in [2.05, 4.69) is 15.5 Å². The number of rotatable bonds is 6. The number of carbonyl (C=O) groups is 1. The number of halogens is 1. The normalized spacial score (nSPS) is 18.5. The van der Waals surface area contributed by atoms with Crippen LogP contribution in [0.1, 0.15) is 19.8 Å². The van der Waals surface area contributed by atoms with E-state index in [0.717, 1.165) is 25.0 Å².